The molecule has 0 unspecified atom stereocenters. The molecule has 2 aliphatic rings. The van der Waals surface area contributed by atoms with Crippen LogP contribution in [-0.2, 0) is 4.79 Å². The molecule has 1 saturated carbocycles. The van der Waals surface area contributed by atoms with Crippen molar-refractivity contribution in [2.75, 3.05) is 31.1 Å². The second kappa shape index (κ2) is 6.29. The maximum Gasteiger partial charge on any atom is 0.225 e. The van der Waals surface area contributed by atoms with Gasteiger partial charge in [-0.15, -0.1) is 0 Å². The minimum atomic E-state index is -0.731. The van der Waals surface area contributed by atoms with E-state index in [0.29, 0.717) is 6.42 Å². The molecule has 3 rings (SSSR count). The third-order valence-electron chi connectivity index (χ3n) is 5.01. The number of benzene rings is 1. The lowest BCUT2D eigenvalue weighted by Gasteiger charge is -2.37. The van der Waals surface area contributed by atoms with Gasteiger partial charge in [0.25, 0.3) is 0 Å². The van der Waals surface area contributed by atoms with Gasteiger partial charge in [-0.25, -0.2) is 0 Å². The van der Waals surface area contributed by atoms with E-state index in [2.05, 4.69) is 36.1 Å². The molecule has 1 aliphatic carbocycles. The quantitative estimate of drug-likeness (QED) is 0.932. The van der Waals surface area contributed by atoms with Gasteiger partial charge in [0, 0.05) is 31.9 Å². The van der Waals surface area contributed by atoms with Gasteiger partial charge < -0.3 is 14.9 Å². The third-order valence-corrected chi connectivity index (χ3v) is 5.01. The molecule has 120 valence electrons. The number of hydrogen-bond acceptors (Lipinski definition) is 3. The summed E-state index contributed by atoms with van der Waals surface area (Å²) in [7, 11) is 0. The van der Waals surface area contributed by atoms with E-state index in [4.69, 9.17) is 0 Å². The van der Waals surface area contributed by atoms with Gasteiger partial charge in [-0.05, 0) is 37.5 Å². The zero-order valence-electron chi connectivity index (χ0n) is 13.4. The molecular formula is C18H26N2O2. The Morgan fingerprint density at radius 1 is 1.18 bits per heavy atom. The largest absolute Gasteiger partial charge is 0.389 e. The van der Waals surface area contributed by atoms with Gasteiger partial charge in [-0.3, -0.25) is 4.79 Å². The summed E-state index contributed by atoms with van der Waals surface area (Å²) in [5.74, 6) is 0.119. The van der Waals surface area contributed by atoms with Crippen LogP contribution in [0.3, 0.4) is 0 Å². The van der Waals surface area contributed by atoms with Crippen molar-refractivity contribution in [2.45, 2.75) is 44.6 Å². The molecule has 2 fully saturated rings. The van der Waals surface area contributed by atoms with E-state index in [9.17, 15) is 9.90 Å². The zero-order valence-corrected chi connectivity index (χ0v) is 13.4. The number of carbonyl (C=O) groups is 1. The summed E-state index contributed by atoms with van der Waals surface area (Å²) in [5, 5.41) is 10.4. The van der Waals surface area contributed by atoms with Crippen molar-refractivity contribution in [3.05, 3.63) is 29.8 Å². The van der Waals surface area contributed by atoms with E-state index in [1.54, 1.807) is 0 Å². The minimum absolute atomic E-state index is 0.119. The first-order valence-corrected chi connectivity index (χ1v) is 8.38. The van der Waals surface area contributed by atoms with Crippen LogP contribution in [-0.4, -0.2) is 47.7 Å². The highest BCUT2D eigenvalue weighted by Gasteiger charge is 2.35. The van der Waals surface area contributed by atoms with Gasteiger partial charge in [-0.1, -0.05) is 25.0 Å². The summed E-state index contributed by atoms with van der Waals surface area (Å²) in [6, 6.07) is 8.51. The number of nitrogens with zero attached hydrogens (tertiary/aromatic N) is 2. The second-order valence-corrected chi connectivity index (χ2v) is 6.82. The number of piperazine rings is 1. The van der Waals surface area contributed by atoms with Gasteiger partial charge in [0.2, 0.25) is 5.91 Å². The van der Waals surface area contributed by atoms with Crippen LogP contribution in [0.25, 0.3) is 0 Å². The average Bonchev–Trinajstić information content (AvgIpc) is 2.93. The summed E-state index contributed by atoms with van der Waals surface area (Å²) in [6.45, 7) is 5.35. The van der Waals surface area contributed by atoms with Crippen molar-refractivity contribution < 1.29 is 9.90 Å². The van der Waals surface area contributed by atoms with E-state index in [1.807, 2.05) is 4.90 Å². The molecule has 1 aliphatic heterocycles. The van der Waals surface area contributed by atoms with Crippen molar-refractivity contribution in [2.24, 2.45) is 0 Å². The van der Waals surface area contributed by atoms with Gasteiger partial charge >= 0.3 is 0 Å². The van der Waals surface area contributed by atoms with Crippen LogP contribution >= 0.6 is 0 Å². The molecule has 22 heavy (non-hydrogen) atoms. The molecule has 1 aromatic carbocycles. The molecule has 1 saturated heterocycles. The minimum Gasteiger partial charge on any atom is -0.389 e. The summed E-state index contributed by atoms with van der Waals surface area (Å²) in [6.07, 6.45) is 3.96. The van der Waals surface area contributed by atoms with Crippen LogP contribution in [0.4, 0.5) is 5.69 Å². The van der Waals surface area contributed by atoms with Crippen LogP contribution in [0.5, 0.6) is 0 Å². The van der Waals surface area contributed by atoms with E-state index in [0.717, 1.165) is 51.9 Å². The van der Waals surface area contributed by atoms with E-state index >= 15 is 0 Å². The fraction of sp³-hybridized carbons (Fsp3) is 0.611. The predicted molar refractivity (Wildman–Crippen MR) is 88.0 cm³/mol. The Bertz CT molecular complexity index is 530. The number of aryl methyl sites for hydroxylation is 1. The lowest BCUT2D eigenvalue weighted by atomic mass is 9.97. The van der Waals surface area contributed by atoms with Crippen LogP contribution in [0.1, 0.15) is 37.7 Å². The topological polar surface area (TPSA) is 43.8 Å². The highest BCUT2D eigenvalue weighted by Crippen LogP contribution is 2.33. The normalized spacial score (nSPS) is 21.2. The summed E-state index contributed by atoms with van der Waals surface area (Å²) >= 11 is 0. The molecular weight excluding hydrogens is 276 g/mol. The molecule has 0 atom stereocenters. The Hall–Kier alpha value is -1.55. The Morgan fingerprint density at radius 3 is 2.50 bits per heavy atom. The molecule has 1 aromatic rings. The molecule has 0 aromatic heterocycles. The molecule has 0 spiro atoms. The fourth-order valence-corrected chi connectivity index (χ4v) is 3.64. The fourth-order valence-electron chi connectivity index (χ4n) is 3.64. The standard InChI is InChI=1S/C18H26N2O2/c1-15-5-4-6-16(13-15)19-9-11-20(12-10-19)17(21)14-18(22)7-2-3-8-18/h4-6,13,22H,2-3,7-12,14H2,1H3. The number of aliphatic hydroxyl groups is 1. The molecule has 1 heterocycles. The first kappa shape index (κ1) is 15.3. The Morgan fingerprint density at radius 2 is 1.86 bits per heavy atom. The van der Waals surface area contributed by atoms with Gasteiger partial charge in [0.05, 0.1) is 12.0 Å². The SMILES string of the molecule is Cc1cccc(N2CCN(C(=O)CC3(O)CCCC3)CC2)c1. The summed E-state index contributed by atoms with van der Waals surface area (Å²) in [5.41, 5.74) is 1.77. The second-order valence-electron chi connectivity index (χ2n) is 6.82. The Kier molecular flexibility index (Phi) is 4.39. The van der Waals surface area contributed by atoms with Crippen molar-refractivity contribution in [3.63, 3.8) is 0 Å². The maximum absolute atomic E-state index is 12.4. The van der Waals surface area contributed by atoms with Crippen molar-refractivity contribution >= 4 is 11.6 Å². The molecule has 4 heteroatoms. The van der Waals surface area contributed by atoms with Crippen LogP contribution in [0, 0.1) is 6.92 Å². The molecule has 4 nitrogen and oxygen atoms in total. The van der Waals surface area contributed by atoms with Crippen LogP contribution in [0.2, 0.25) is 0 Å². The number of amides is 1. The first-order chi connectivity index (χ1) is 10.6. The first-order valence-electron chi connectivity index (χ1n) is 8.38. The lowest BCUT2D eigenvalue weighted by Crippen LogP contribution is -2.50. The average molecular weight is 302 g/mol. The smallest absolute Gasteiger partial charge is 0.225 e. The molecule has 0 bridgehead atoms. The van der Waals surface area contributed by atoms with E-state index in [1.165, 1.54) is 11.3 Å². The Labute approximate surface area is 132 Å². The van der Waals surface area contributed by atoms with Crippen molar-refractivity contribution in [3.8, 4) is 0 Å². The monoisotopic (exact) mass is 302 g/mol. The van der Waals surface area contributed by atoms with Gasteiger partial charge in [0.1, 0.15) is 0 Å². The molecule has 1 amide bonds. The van der Waals surface area contributed by atoms with Crippen molar-refractivity contribution in [1.29, 1.82) is 0 Å². The Balaban J connectivity index is 1.54. The third kappa shape index (κ3) is 3.43. The van der Waals surface area contributed by atoms with Gasteiger partial charge in [0.15, 0.2) is 0 Å². The van der Waals surface area contributed by atoms with E-state index < -0.39 is 5.60 Å². The highest BCUT2D eigenvalue weighted by atomic mass is 16.3. The summed E-state index contributed by atoms with van der Waals surface area (Å²) in [4.78, 5) is 16.7. The number of anilines is 1. The maximum atomic E-state index is 12.4. The number of carbonyl (C=O) groups excluding carboxylic acids is 1. The predicted octanol–water partition coefficient (Wildman–Crippen LogP) is 2.34. The van der Waals surface area contributed by atoms with Crippen molar-refractivity contribution in [1.82, 2.24) is 4.90 Å². The number of hydrogen-bond donors (Lipinski definition) is 1. The zero-order chi connectivity index (χ0) is 15.6. The molecule has 0 radical (unpaired) electrons. The number of rotatable bonds is 3. The molecule has 1 N–H and O–H groups in total. The summed E-state index contributed by atoms with van der Waals surface area (Å²) < 4.78 is 0. The lowest BCUT2D eigenvalue weighted by molar-refractivity contribution is -0.136. The highest BCUT2D eigenvalue weighted by molar-refractivity contribution is 5.77. The van der Waals surface area contributed by atoms with Gasteiger partial charge in [-0.2, -0.15) is 0 Å². The van der Waals surface area contributed by atoms with Crippen LogP contribution in [0.15, 0.2) is 24.3 Å². The van der Waals surface area contributed by atoms with Crippen LogP contribution < -0.4 is 4.90 Å². The van der Waals surface area contributed by atoms with E-state index in [-0.39, 0.29) is 5.91 Å².